The maximum absolute atomic E-state index is 10.3. The highest BCUT2D eigenvalue weighted by Gasteiger charge is 2.12. The molecule has 0 aliphatic rings. The van der Waals surface area contributed by atoms with Crippen LogP contribution in [0.15, 0.2) is 18.2 Å². The number of hydrogen-bond donors (Lipinski definition) is 1. The molecular formula is C8H8BrNO3. The van der Waals surface area contributed by atoms with Gasteiger partial charge in [-0.1, -0.05) is 22.0 Å². The molecule has 0 aliphatic heterocycles. The summed E-state index contributed by atoms with van der Waals surface area (Å²) in [5, 5.41) is 20.3. The maximum Gasteiger partial charge on any atom is 0.310 e. The summed E-state index contributed by atoms with van der Waals surface area (Å²) in [6.45, 7) is 0. The number of phenols is 1. The van der Waals surface area contributed by atoms with E-state index in [-0.39, 0.29) is 11.4 Å². The number of aryl methyl sites for hydroxylation is 1. The zero-order valence-corrected chi connectivity index (χ0v) is 8.32. The van der Waals surface area contributed by atoms with Gasteiger partial charge < -0.3 is 5.11 Å². The lowest BCUT2D eigenvalue weighted by Gasteiger charge is -1.99. The molecule has 0 aliphatic carbocycles. The summed E-state index contributed by atoms with van der Waals surface area (Å²) < 4.78 is 0. The van der Waals surface area contributed by atoms with Crippen LogP contribution in [0, 0.1) is 10.1 Å². The lowest BCUT2D eigenvalue weighted by Crippen LogP contribution is -1.91. The Labute approximate surface area is 83.5 Å². The molecule has 0 spiro atoms. The molecule has 13 heavy (non-hydrogen) atoms. The molecule has 0 aromatic heterocycles. The molecular weight excluding hydrogens is 238 g/mol. The van der Waals surface area contributed by atoms with Crippen LogP contribution in [-0.4, -0.2) is 15.4 Å². The van der Waals surface area contributed by atoms with Crippen molar-refractivity contribution in [3.63, 3.8) is 0 Å². The smallest absolute Gasteiger partial charge is 0.310 e. The summed E-state index contributed by atoms with van der Waals surface area (Å²) in [6.07, 6.45) is 0.742. The van der Waals surface area contributed by atoms with Crippen molar-refractivity contribution < 1.29 is 10.0 Å². The fourth-order valence-electron chi connectivity index (χ4n) is 0.988. The first-order chi connectivity index (χ1) is 6.15. The summed E-state index contributed by atoms with van der Waals surface area (Å²) in [5.74, 6) is -0.275. The number of benzene rings is 1. The van der Waals surface area contributed by atoms with Crippen LogP contribution >= 0.6 is 15.9 Å². The van der Waals surface area contributed by atoms with E-state index in [9.17, 15) is 15.2 Å². The first kappa shape index (κ1) is 9.98. The number of aromatic hydroxyl groups is 1. The van der Waals surface area contributed by atoms with Crippen LogP contribution < -0.4 is 0 Å². The van der Waals surface area contributed by atoms with Gasteiger partial charge in [-0.05, 0) is 18.1 Å². The topological polar surface area (TPSA) is 63.4 Å². The van der Waals surface area contributed by atoms with Gasteiger partial charge in [0, 0.05) is 11.4 Å². The maximum atomic E-state index is 10.3. The van der Waals surface area contributed by atoms with Gasteiger partial charge in [-0.3, -0.25) is 10.1 Å². The van der Waals surface area contributed by atoms with Gasteiger partial charge in [0.15, 0.2) is 5.75 Å². The van der Waals surface area contributed by atoms with Crippen molar-refractivity contribution in [2.24, 2.45) is 0 Å². The van der Waals surface area contributed by atoms with Crippen molar-refractivity contribution in [2.45, 2.75) is 6.42 Å². The molecule has 0 saturated carbocycles. The Morgan fingerprint density at radius 3 is 2.69 bits per heavy atom. The van der Waals surface area contributed by atoms with Crippen molar-refractivity contribution in [1.82, 2.24) is 0 Å². The number of alkyl halides is 1. The molecule has 1 rings (SSSR count). The first-order valence-corrected chi connectivity index (χ1v) is 4.79. The molecule has 0 fully saturated rings. The predicted molar refractivity (Wildman–Crippen MR) is 52.3 cm³/mol. The molecule has 0 atom stereocenters. The van der Waals surface area contributed by atoms with E-state index in [2.05, 4.69) is 15.9 Å². The number of hydrogen-bond acceptors (Lipinski definition) is 3. The first-order valence-electron chi connectivity index (χ1n) is 3.67. The van der Waals surface area contributed by atoms with Gasteiger partial charge in [0.2, 0.25) is 0 Å². The minimum Gasteiger partial charge on any atom is -0.502 e. The summed E-state index contributed by atoms with van der Waals surface area (Å²) in [6, 6.07) is 4.37. The Bertz CT molecular complexity index is 327. The second-order valence-electron chi connectivity index (χ2n) is 2.52. The van der Waals surface area contributed by atoms with Crippen molar-refractivity contribution in [1.29, 1.82) is 0 Å². The average Bonchev–Trinajstić information content (AvgIpc) is 2.04. The number of nitrogens with zero attached hydrogens (tertiary/aromatic N) is 1. The molecule has 0 saturated heterocycles. The Balaban J connectivity index is 2.98. The van der Waals surface area contributed by atoms with E-state index >= 15 is 0 Å². The van der Waals surface area contributed by atoms with E-state index in [0.29, 0.717) is 0 Å². The zero-order chi connectivity index (χ0) is 9.84. The molecule has 5 heteroatoms. The summed E-state index contributed by atoms with van der Waals surface area (Å²) >= 11 is 3.24. The quantitative estimate of drug-likeness (QED) is 0.505. The molecule has 1 aromatic carbocycles. The van der Waals surface area contributed by atoms with Gasteiger partial charge in [0.05, 0.1) is 4.92 Å². The molecule has 0 radical (unpaired) electrons. The molecule has 0 amide bonds. The molecule has 70 valence electrons. The normalized spacial score (nSPS) is 9.92. The van der Waals surface area contributed by atoms with E-state index in [1.165, 1.54) is 12.1 Å². The average molecular weight is 246 g/mol. The third-order valence-electron chi connectivity index (χ3n) is 1.62. The van der Waals surface area contributed by atoms with Crippen LogP contribution in [0.1, 0.15) is 5.56 Å². The number of rotatable bonds is 3. The summed E-state index contributed by atoms with van der Waals surface area (Å²) in [4.78, 5) is 9.72. The van der Waals surface area contributed by atoms with Crippen molar-refractivity contribution >= 4 is 21.6 Å². The molecule has 0 heterocycles. The highest BCUT2D eigenvalue weighted by molar-refractivity contribution is 9.09. The monoisotopic (exact) mass is 245 g/mol. The van der Waals surface area contributed by atoms with Crippen LogP contribution in [0.25, 0.3) is 0 Å². The zero-order valence-electron chi connectivity index (χ0n) is 6.74. The third-order valence-corrected chi connectivity index (χ3v) is 2.02. The summed E-state index contributed by atoms with van der Waals surface area (Å²) in [5.41, 5.74) is 0.623. The van der Waals surface area contributed by atoms with Gasteiger partial charge in [-0.2, -0.15) is 0 Å². The van der Waals surface area contributed by atoms with Crippen molar-refractivity contribution in [2.75, 3.05) is 5.33 Å². The number of nitro groups is 1. The number of nitro benzene ring substituents is 1. The Morgan fingerprint density at radius 1 is 1.54 bits per heavy atom. The second kappa shape index (κ2) is 4.23. The van der Waals surface area contributed by atoms with Crippen LogP contribution in [0.4, 0.5) is 5.69 Å². The molecule has 1 N–H and O–H groups in total. The fourth-order valence-corrected chi connectivity index (χ4v) is 1.45. The van der Waals surface area contributed by atoms with Crippen molar-refractivity contribution in [3.8, 4) is 5.75 Å². The largest absolute Gasteiger partial charge is 0.502 e. The predicted octanol–water partition coefficient (Wildman–Crippen LogP) is 2.24. The van der Waals surface area contributed by atoms with Gasteiger partial charge in [0.25, 0.3) is 0 Å². The van der Waals surface area contributed by atoms with Crippen molar-refractivity contribution in [3.05, 3.63) is 33.9 Å². The van der Waals surface area contributed by atoms with Gasteiger partial charge >= 0.3 is 5.69 Å². The highest BCUT2D eigenvalue weighted by atomic mass is 79.9. The van der Waals surface area contributed by atoms with E-state index < -0.39 is 4.92 Å². The Morgan fingerprint density at radius 2 is 2.23 bits per heavy atom. The molecule has 0 unspecified atom stereocenters. The van der Waals surface area contributed by atoms with Crippen LogP contribution in [0.5, 0.6) is 5.75 Å². The lowest BCUT2D eigenvalue weighted by atomic mass is 10.1. The SMILES string of the molecule is O=[N+]([O-])c1ccc(CCBr)cc1O. The third kappa shape index (κ3) is 2.42. The second-order valence-corrected chi connectivity index (χ2v) is 3.31. The van der Waals surface area contributed by atoms with Crippen LogP contribution in [-0.2, 0) is 6.42 Å². The Hall–Kier alpha value is -1.10. The van der Waals surface area contributed by atoms with E-state index in [1.54, 1.807) is 6.07 Å². The minimum absolute atomic E-state index is 0.252. The van der Waals surface area contributed by atoms with E-state index in [0.717, 1.165) is 17.3 Å². The van der Waals surface area contributed by atoms with E-state index in [1.807, 2.05) is 0 Å². The molecule has 0 bridgehead atoms. The molecule has 4 nitrogen and oxygen atoms in total. The van der Waals surface area contributed by atoms with Gasteiger partial charge in [0.1, 0.15) is 0 Å². The summed E-state index contributed by atoms with van der Waals surface area (Å²) in [7, 11) is 0. The van der Waals surface area contributed by atoms with Crippen LogP contribution in [0.2, 0.25) is 0 Å². The number of phenolic OH excluding ortho intramolecular Hbond substituents is 1. The lowest BCUT2D eigenvalue weighted by molar-refractivity contribution is -0.385. The molecule has 1 aromatic rings. The van der Waals surface area contributed by atoms with Crippen LogP contribution in [0.3, 0.4) is 0 Å². The minimum atomic E-state index is -0.604. The highest BCUT2D eigenvalue weighted by Crippen LogP contribution is 2.26. The number of halogens is 1. The van der Waals surface area contributed by atoms with E-state index in [4.69, 9.17) is 0 Å². The Kier molecular flexibility index (Phi) is 3.25. The fraction of sp³-hybridized carbons (Fsp3) is 0.250. The standard InChI is InChI=1S/C8H8BrNO3/c9-4-3-6-1-2-7(10(12)13)8(11)5-6/h1-2,5,11H,3-4H2. The van der Waals surface area contributed by atoms with Gasteiger partial charge in [-0.15, -0.1) is 0 Å². The van der Waals surface area contributed by atoms with Gasteiger partial charge in [-0.25, -0.2) is 0 Å².